The van der Waals surface area contributed by atoms with Gasteiger partial charge in [-0.05, 0) is 25.5 Å². The number of carbonyl (C=O) groups is 1. The molecule has 24 heavy (non-hydrogen) atoms. The van der Waals surface area contributed by atoms with E-state index in [1.807, 2.05) is 12.1 Å². The average Bonchev–Trinajstić information content (AvgIpc) is 2.92. The van der Waals surface area contributed by atoms with E-state index in [4.69, 9.17) is 4.74 Å². The molecule has 1 aromatic carbocycles. The SMILES string of the molecule is CCCCCCn1c2ccccc2c2cc(C(=O)OCC)ncc21. The summed E-state index contributed by atoms with van der Waals surface area (Å²) in [4.78, 5) is 16.3. The Labute approximate surface area is 142 Å². The Hall–Kier alpha value is -2.36. The number of para-hydroxylation sites is 1. The van der Waals surface area contributed by atoms with E-state index in [1.165, 1.54) is 24.8 Å². The highest BCUT2D eigenvalue weighted by Crippen LogP contribution is 2.29. The monoisotopic (exact) mass is 324 g/mol. The van der Waals surface area contributed by atoms with Crippen molar-refractivity contribution in [2.75, 3.05) is 6.61 Å². The Kier molecular flexibility index (Phi) is 5.14. The van der Waals surface area contributed by atoms with Crippen molar-refractivity contribution in [2.24, 2.45) is 0 Å². The van der Waals surface area contributed by atoms with E-state index in [2.05, 4.69) is 34.7 Å². The zero-order valence-corrected chi connectivity index (χ0v) is 14.4. The average molecular weight is 324 g/mol. The number of nitrogens with zero attached hydrogens (tertiary/aromatic N) is 2. The van der Waals surface area contributed by atoms with Crippen molar-refractivity contribution in [3.05, 3.63) is 42.2 Å². The Morgan fingerprint density at radius 3 is 2.71 bits per heavy atom. The van der Waals surface area contributed by atoms with E-state index in [1.54, 1.807) is 13.1 Å². The molecule has 0 atom stereocenters. The molecule has 0 aliphatic rings. The lowest BCUT2D eigenvalue weighted by molar-refractivity contribution is 0.0520. The van der Waals surface area contributed by atoms with Crippen molar-refractivity contribution in [1.29, 1.82) is 0 Å². The van der Waals surface area contributed by atoms with Crippen LogP contribution in [0.5, 0.6) is 0 Å². The normalized spacial score (nSPS) is 11.2. The molecule has 0 unspecified atom stereocenters. The molecule has 0 N–H and O–H groups in total. The summed E-state index contributed by atoms with van der Waals surface area (Å²) >= 11 is 0. The lowest BCUT2D eigenvalue weighted by atomic mass is 10.1. The quantitative estimate of drug-likeness (QED) is 0.456. The van der Waals surface area contributed by atoms with Crippen molar-refractivity contribution >= 4 is 27.8 Å². The molecule has 0 saturated heterocycles. The molecule has 0 aliphatic heterocycles. The van der Waals surface area contributed by atoms with Crippen LogP contribution in [0.15, 0.2) is 36.5 Å². The molecule has 0 aliphatic carbocycles. The highest BCUT2D eigenvalue weighted by atomic mass is 16.5. The largest absolute Gasteiger partial charge is 0.461 e. The number of aromatic nitrogens is 2. The molecule has 126 valence electrons. The first-order valence-electron chi connectivity index (χ1n) is 8.80. The second-order valence-corrected chi connectivity index (χ2v) is 6.04. The number of hydrogen-bond donors (Lipinski definition) is 0. The van der Waals surface area contributed by atoms with E-state index in [-0.39, 0.29) is 5.97 Å². The Bertz CT molecular complexity index is 851. The number of esters is 1. The predicted molar refractivity (Wildman–Crippen MR) is 97.3 cm³/mol. The Morgan fingerprint density at radius 1 is 1.08 bits per heavy atom. The summed E-state index contributed by atoms with van der Waals surface area (Å²) in [5.74, 6) is -0.362. The zero-order chi connectivity index (χ0) is 16.9. The third-order valence-electron chi connectivity index (χ3n) is 4.38. The minimum atomic E-state index is -0.362. The molecule has 0 amide bonds. The number of ether oxygens (including phenoxy) is 1. The van der Waals surface area contributed by atoms with Crippen molar-refractivity contribution in [3.8, 4) is 0 Å². The fraction of sp³-hybridized carbons (Fsp3) is 0.400. The van der Waals surface area contributed by atoms with Gasteiger partial charge in [0.05, 0.1) is 18.3 Å². The maximum absolute atomic E-state index is 12.0. The van der Waals surface area contributed by atoms with Gasteiger partial charge in [-0.15, -0.1) is 0 Å². The number of benzene rings is 1. The van der Waals surface area contributed by atoms with Crippen LogP contribution in [0.2, 0.25) is 0 Å². The smallest absolute Gasteiger partial charge is 0.356 e. The summed E-state index contributed by atoms with van der Waals surface area (Å²) in [6.45, 7) is 5.36. The molecule has 3 aromatic rings. The lowest BCUT2D eigenvalue weighted by Gasteiger charge is -2.07. The van der Waals surface area contributed by atoms with E-state index in [9.17, 15) is 4.79 Å². The molecule has 0 fully saturated rings. The highest BCUT2D eigenvalue weighted by Gasteiger charge is 2.14. The van der Waals surface area contributed by atoms with Crippen LogP contribution < -0.4 is 0 Å². The fourth-order valence-electron chi connectivity index (χ4n) is 3.20. The zero-order valence-electron chi connectivity index (χ0n) is 14.4. The second kappa shape index (κ2) is 7.47. The van der Waals surface area contributed by atoms with Gasteiger partial charge >= 0.3 is 5.97 Å². The first kappa shape index (κ1) is 16.5. The molecule has 3 rings (SSSR count). The van der Waals surface area contributed by atoms with Gasteiger partial charge < -0.3 is 9.30 Å². The number of fused-ring (bicyclic) bond motifs is 3. The molecule has 4 heteroatoms. The third-order valence-corrected chi connectivity index (χ3v) is 4.38. The minimum absolute atomic E-state index is 0.359. The topological polar surface area (TPSA) is 44.1 Å². The van der Waals surface area contributed by atoms with Crippen molar-refractivity contribution in [1.82, 2.24) is 9.55 Å². The molecular formula is C20H24N2O2. The van der Waals surface area contributed by atoms with Crippen LogP contribution in [0.1, 0.15) is 50.0 Å². The highest BCUT2D eigenvalue weighted by molar-refractivity contribution is 6.09. The van der Waals surface area contributed by atoms with Gasteiger partial charge in [-0.3, -0.25) is 0 Å². The molecule has 0 radical (unpaired) electrons. The number of pyridine rings is 1. The lowest BCUT2D eigenvalue weighted by Crippen LogP contribution is -2.07. The van der Waals surface area contributed by atoms with Crippen LogP contribution in [-0.4, -0.2) is 22.1 Å². The van der Waals surface area contributed by atoms with E-state index in [0.717, 1.165) is 29.3 Å². The second-order valence-electron chi connectivity index (χ2n) is 6.04. The van der Waals surface area contributed by atoms with E-state index >= 15 is 0 Å². The number of aryl methyl sites for hydroxylation is 1. The molecule has 4 nitrogen and oxygen atoms in total. The Morgan fingerprint density at radius 2 is 1.92 bits per heavy atom. The van der Waals surface area contributed by atoms with E-state index in [0.29, 0.717) is 12.3 Å². The fourth-order valence-corrected chi connectivity index (χ4v) is 3.20. The van der Waals surface area contributed by atoms with Crippen LogP contribution in [0.3, 0.4) is 0 Å². The molecular weight excluding hydrogens is 300 g/mol. The van der Waals surface area contributed by atoms with Gasteiger partial charge in [-0.2, -0.15) is 0 Å². The maximum Gasteiger partial charge on any atom is 0.356 e. The summed E-state index contributed by atoms with van der Waals surface area (Å²) in [7, 11) is 0. The number of rotatable bonds is 7. The summed E-state index contributed by atoms with van der Waals surface area (Å²) in [5.41, 5.74) is 2.66. The molecule has 2 aromatic heterocycles. The number of carbonyl (C=O) groups excluding carboxylic acids is 1. The van der Waals surface area contributed by atoms with Gasteiger partial charge in [0, 0.05) is 22.8 Å². The van der Waals surface area contributed by atoms with Gasteiger partial charge in [0.25, 0.3) is 0 Å². The summed E-state index contributed by atoms with van der Waals surface area (Å²) in [6, 6.07) is 10.2. The van der Waals surface area contributed by atoms with Gasteiger partial charge in [0.2, 0.25) is 0 Å². The molecule has 0 bridgehead atoms. The van der Waals surface area contributed by atoms with Gasteiger partial charge in [-0.1, -0.05) is 44.4 Å². The first-order chi connectivity index (χ1) is 11.8. The maximum atomic E-state index is 12.0. The van der Waals surface area contributed by atoms with Crippen LogP contribution in [0.25, 0.3) is 21.8 Å². The molecule has 0 spiro atoms. The van der Waals surface area contributed by atoms with Gasteiger partial charge in [0.1, 0.15) is 5.69 Å². The molecule has 2 heterocycles. The van der Waals surface area contributed by atoms with Crippen LogP contribution in [0, 0.1) is 0 Å². The van der Waals surface area contributed by atoms with Gasteiger partial charge in [0.15, 0.2) is 0 Å². The third kappa shape index (κ3) is 3.14. The van der Waals surface area contributed by atoms with Crippen LogP contribution in [-0.2, 0) is 11.3 Å². The Balaban J connectivity index is 2.04. The van der Waals surface area contributed by atoms with Crippen molar-refractivity contribution in [3.63, 3.8) is 0 Å². The number of unbranched alkanes of at least 4 members (excludes halogenated alkanes) is 3. The number of hydrogen-bond acceptors (Lipinski definition) is 3. The van der Waals surface area contributed by atoms with Crippen molar-refractivity contribution < 1.29 is 9.53 Å². The van der Waals surface area contributed by atoms with Crippen molar-refractivity contribution in [2.45, 2.75) is 46.1 Å². The van der Waals surface area contributed by atoms with Crippen LogP contribution in [0.4, 0.5) is 0 Å². The van der Waals surface area contributed by atoms with Gasteiger partial charge in [-0.25, -0.2) is 9.78 Å². The van der Waals surface area contributed by atoms with Crippen LogP contribution >= 0.6 is 0 Å². The molecule has 0 saturated carbocycles. The minimum Gasteiger partial charge on any atom is -0.461 e. The summed E-state index contributed by atoms with van der Waals surface area (Å²) in [5, 5.41) is 2.23. The standard InChI is InChI=1S/C20H24N2O2/c1-3-5-6-9-12-22-18-11-8-7-10-15(18)16-13-17(20(23)24-4-2)21-14-19(16)22/h7-8,10-11,13-14H,3-6,9,12H2,1-2H3. The predicted octanol–water partition coefficient (Wildman–Crippen LogP) is 4.95. The van der Waals surface area contributed by atoms with E-state index < -0.39 is 0 Å². The summed E-state index contributed by atoms with van der Waals surface area (Å²) in [6.07, 6.45) is 6.70. The first-order valence-corrected chi connectivity index (χ1v) is 8.80. The summed E-state index contributed by atoms with van der Waals surface area (Å²) < 4.78 is 7.40.